The van der Waals surface area contributed by atoms with Gasteiger partial charge in [-0.3, -0.25) is 0 Å². The third kappa shape index (κ3) is 4.92. The highest BCUT2D eigenvalue weighted by molar-refractivity contribution is 5.57. The number of ether oxygens (including phenoxy) is 1. The molecule has 3 rings (SSSR count). The van der Waals surface area contributed by atoms with Gasteiger partial charge in [-0.1, -0.05) is 30.3 Å². The molecule has 0 aliphatic rings. The fourth-order valence-electron chi connectivity index (χ4n) is 2.48. The van der Waals surface area contributed by atoms with Crippen LogP contribution < -0.4 is 15.4 Å². The van der Waals surface area contributed by atoms with Gasteiger partial charge in [0.25, 0.3) is 0 Å². The predicted molar refractivity (Wildman–Crippen MR) is 104 cm³/mol. The van der Waals surface area contributed by atoms with E-state index in [0.717, 1.165) is 17.0 Å². The van der Waals surface area contributed by atoms with Crippen LogP contribution in [-0.4, -0.2) is 21.3 Å². The second-order valence-electron chi connectivity index (χ2n) is 6.26. The number of rotatable bonds is 7. The number of aromatic nitrogens is 3. The van der Waals surface area contributed by atoms with Crippen molar-refractivity contribution in [1.82, 2.24) is 15.2 Å². The van der Waals surface area contributed by atoms with Gasteiger partial charge < -0.3 is 15.4 Å². The van der Waals surface area contributed by atoms with Crippen LogP contribution in [0, 0.1) is 0 Å². The number of benzene rings is 2. The van der Waals surface area contributed by atoms with Gasteiger partial charge in [0.1, 0.15) is 5.75 Å². The lowest BCUT2D eigenvalue weighted by Crippen LogP contribution is -2.10. The molecule has 3 aromatic rings. The molecule has 0 saturated carbocycles. The summed E-state index contributed by atoms with van der Waals surface area (Å²) in [6, 6.07) is 18.0. The lowest BCUT2D eigenvalue weighted by Gasteiger charge is -2.14. The molecule has 1 atom stereocenters. The Hall–Kier alpha value is -3.15. The summed E-state index contributed by atoms with van der Waals surface area (Å²) in [5, 5.41) is 14.6. The maximum absolute atomic E-state index is 5.65. The Labute approximate surface area is 153 Å². The SMILES string of the molecule is CC(C)Oc1ccc(Nc2cnnc(NC(C)c3ccccc3)n2)cc1. The van der Waals surface area contributed by atoms with Crippen LogP contribution in [0.15, 0.2) is 60.8 Å². The molecule has 0 bridgehead atoms. The van der Waals surface area contributed by atoms with Crippen LogP contribution in [0.1, 0.15) is 32.4 Å². The minimum atomic E-state index is 0.0840. The van der Waals surface area contributed by atoms with Gasteiger partial charge in [0.2, 0.25) is 5.95 Å². The van der Waals surface area contributed by atoms with Crippen LogP contribution in [0.25, 0.3) is 0 Å². The Bertz CT molecular complexity index is 821. The topological polar surface area (TPSA) is 72.0 Å². The van der Waals surface area contributed by atoms with Gasteiger partial charge in [0.15, 0.2) is 5.82 Å². The molecule has 0 aliphatic heterocycles. The molecule has 0 amide bonds. The van der Waals surface area contributed by atoms with E-state index in [1.165, 1.54) is 0 Å². The maximum Gasteiger partial charge on any atom is 0.245 e. The van der Waals surface area contributed by atoms with E-state index in [-0.39, 0.29) is 12.1 Å². The summed E-state index contributed by atoms with van der Waals surface area (Å²) >= 11 is 0. The van der Waals surface area contributed by atoms with Crippen molar-refractivity contribution in [3.63, 3.8) is 0 Å². The number of nitrogens with zero attached hydrogens (tertiary/aromatic N) is 3. The fourth-order valence-corrected chi connectivity index (χ4v) is 2.48. The minimum absolute atomic E-state index is 0.0840. The highest BCUT2D eigenvalue weighted by Crippen LogP contribution is 2.21. The monoisotopic (exact) mass is 349 g/mol. The van der Waals surface area contributed by atoms with Crippen LogP contribution in [0.5, 0.6) is 5.75 Å². The first-order chi connectivity index (χ1) is 12.6. The molecule has 1 heterocycles. The van der Waals surface area contributed by atoms with Crippen LogP contribution in [-0.2, 0) is 0 Å². The molecule has 6 heteroatoms. The Balaban J connectivity index is 1.65. The van der Waals surface area contributed by atoms with E-state index in [1.807, 2.05) is 56.3 Å². The van der Waals surface area contributed by atoms with E-state index >= 15 is 0 Å². The van der Waals surface area contributed by atoms with Crippen LogP contribution in [0.4, 0.5) is 17.5 Å². The zero-order valence-electron chi connectivity index (χ0n) is 15.2. The maximum atomic E-state index is 5.65. The van der Waals surface area contributed by atoms with Crippen LogP contribution in [0.3, 0.4) is 0 Å². The van der Waals surface area contributed by atoms with Gasteiger partial charge in [-0.2, -0.15) is 10.1 Å². The summed E-state index contributed by atoms with van der Waals surface area (Å²) in [6.45, 7) is 6.07. The smallest absolute Gasteiger partial charge is 0.245 e. The van der Waals surface area contributed by atoms with Gasteiger partial charge in [0, 0.05) is 5.69 Å². The third-order valence-electron chi connectivity index (χ3n) is 3.70. The van der Waals surface area contributed by atoms with Gasteiger partial charge in [0.05, 0.1) is 18.3 Å². The van der Waals surface area contributed by atoms with Crippen molar-refractivity contribution in [2.45, 2.75) is 32.9 Å². The average Bonchev–Trinajstić information content (AvgIpc) is 2.64. The van der Waals surface area contributed by atoms with Crippen molar-refractivity contribution < 1.29 is 4.74 Å². The normalized spacial score (nSPS) is 11.8. The number of nitrogens with one attached hydrogen (secondary N) is 2. The molecule has 2 aromatic carbocycles. The Morgan fingerprint density at radius 1 is 0.923 bits per heavy atom. The lowest BCUT2D eigenvalue weighted by atomic mass is 10.1. The molecule has 134 valence electrons. The van der Waals surface area contributed by atoms with E-state index in [2.05, 4.69) is 44.9 Å². The first kappa shape index (κ1) is 17.7. The largest absolute Gasteiger partial charge is 0.491 e. The fraction of sp³-hybridized carbons (Fsp3) is 0.250. The Morgan fingerprint density at radius 3 is 2.35 bits per heavy atom. The first-order valence-corrected chi connectivity index (χ1v) is 8.65. The molecule has 1 unspecified atom stereocenters. The van der Waals surface area contributed by atoms with Crippen molar-refractivity contribution in [2.75, 3.05) is 10.6 Å². The first-order valence-electron chi connectivity index (χ1n) is 8.65. The van der Waals surface area contributed by atoms with E-state index in [1.54, 1.807) is 6.20 Å². The molecule has 0 aliphatic carbocycles. The van der Waals surface area contributed by atoms with E-state index < -0.39 is 0 Å². The number of anilines is 3. The van der Waals surface area contributed by atoms with Crippen LogP contribution in [0.2, 0.25) is 0 Å². The molecular weight excluding hydrogens is 326 g/mol. The van der Waals surface area contributed by atoms with Gasteiger partial charge in [-0.25, -0.2) is 0 Å². The summed E-state index contributed by atoms with van der Waals surface area (Å²) in [5.74, 6) is 1.94. The molecule has 6 nitrogen and oxygen atoms in total. The summed E-state index contributed by atoms with van der Waals surface area (Å²) in [5.41, 5.74) is 2.07. The zero-order valence-corrected chi connectivity index (χ0v) is 15.2. The standard InChI is InChI=1S/C20H23N5O/c1-14(2)26-18-11-9-17(10-12-18)23-19-13-21-25-20(24-19)22-15(3)16-7-5-4-6-8-16/h4-15H,1-3H3,(H2,22,23,24,25). The van der Waals surface area contributed by atoms with Crippen molar-refractivity contribution >= 4 is 17.5 Å². The Kier molecular flexibility index (Phi) is 5.63. The van der Waals surface area contributed by atoms with Gasteiger partial charge in [-0.15, -0.1) is 5.10 Å². The second kappa shape index (κ2) is 8.29. The number of hydrogen-bond acceptors (Lipinski definition) is 6. The molecule has 0 spiro atoms. The lowest BCUT2D eigenvalue weighted by molar-refractivity contribution is 0.242. The van der Waals surface area contributed by atoms with E-state index in [9.17, 15) is 0 Å². The molecule has 0 radical (unpaired) electrons. The second-order valence-corrected chi connectivity index (χ2v) is 6.26. The summed E-state index contributed by atoms with van der Waals surface area (Å²) in [6.07, 6.45) is 1.75. The minimum Gasteiger partial charge on any atom is -0.491 e. The summed E-state index contributed by atoms with van der Waals surface area (Å²) in [4.78, 5) is 4.48. The van der Waals surface area contributed by atoms with Crippen molar-refractivity contribution in [2.24, 2.45) is 0 Å². The van der Waals surface area contributed by atoms with Gasteiger partial charge in [-0.05, 0) is 50.6 Å². The summed E-state index contributed by atoms with van der Waals surface area (Å²) < 4.78 is 5.65. The predicted octanol–water partition coefficient (Wildman–Crippen LogP) is 4.58. The van der Waals surface area contributed by atoms with Crippen molar-refractivity contribution in [1.29, 1.82) is 0 Å². The molecule has 0 saturated heterocycles. The highest BCUT2D eigenvalue weighted by atomic mass is 16.5. The van der Waals surface area contributed by atoms with Crippen molar-refractivity contribution in [3.8, 4) is 5.75 Å². The molecule has 1 aromatic heterocycles. The molecule has 26 heavy (non-hydrogen) atoms. The van der Waals surface area contributed by atoms with E-state index in [4.69, 9.17) is 4.74 Å². The zero-order chi connectivity index (χ0) is 18.4. The van der Waals surface area contributed by atoms with Crippen molar-refractivity contribution in [3.05, 3.63) is 66.4 Å². The van der Waals surface area contributed by atoms with Gasteiger partial charge >= 0.3 is 0 Å². The third-order valence-corrected chi connectivity index (χ3v) is 3.70. The quantitative estimate of drug-likeness (QED) is 0.651. The Morgan fingerprint density at radius 2 is 1.65 bits per heavy atom. The molecular formula is C20H23N5O. The molecule has 2 N–H and O–H groups in total. The molecule has 0 fully saturated rings. The average molecular weight is 349 g/mol. The summed E-state index contributed by atoms with van der Waals surface area (Å²) in [7, 11) is 0. The number of hydrogen-bond donors (Lipinski definition) is 2. The van der Waals surface area contributed by atoms with E-state index in [0.29, 0.717) is 11.8 Å². The highest BCUT2D eigenvalue weighted by Gasteiger charge is 2.08. The van der Waals surface area contributed by atoms with Crippen LogP contribution >= 0.6 is 0 Å².